The summed E-state index contributed by atoms with van der Waals surface area (Å²) in [7, 11) is 0. The number of primary amides is 1. The van der Waals surface area contributed by atoms with Crippen LogP contribution in [0, 0.1) is 5.92 Å². The van der Waals surface area contributed by atoms with Crippen molar-refractivity contribution in [1.29, 1.82) is 0 Å². The van der Waals surface area contributed by atoms with Crippen LogP contribution >= 0.6 is 0 Å². The molecule has 2 atom stereocenters. The SMILES string of the molecule is NC(=O)c1ccc(N2CC[C@@H]3CNC[C@@H]32)cc1. The summed E-state index contributed by atoms with van der Waals surface area (Å²) >= 11 is 0. The second kappa shape index (κ2) is 4.04. The summed E-state index contributed by atoms with van der Waals surface area (Å²) in [4.78, 5) is 13.5. The summed E-state index contributed by atoms with van der Waals surface area (Å²) in [5, 5.41) is 3.44. The fourth-order valence-corrected chi connectivity index (χ4v) is 2.99. The van der Waals surface area contributed by atoms with Crippen LogP contribution in [0.15, 0.2) is 24.3 Å². The number of nitrogens with zero attached hydrogens (tertiary/aromatic N) is 1. The van der Waals surface area contributed by atoms with E-state index in [-0.39, 0.29) is 5.91 Å². The van der Waals surface area contributed by atoms with Crippen molar-refractivity contribution >= 4 is 11.6 Å². The summed E-state index contributed by atoms with van der Waals surface area (Å²) in [6.45, 7) is 3.33. The topological polar surface area (TPSA) is 58.4 Å². The smallest absolute Gasteiger partial charge is 0.248 e. The van der Waals surface area contributed by atoms with Gasteiger partial charge >= 0.3 is 0 Å². The zero-order valence-corrected chi connectivity index (χ0v) is 9.73. The third-order valence-electron chi connectivity index (χ3n) is 3.93. The van der Waals surface area contributed by atoms with Gasteiger partial charge in [0.2, 0.25) is 5.91 Å². The molecule has 1 amide bonds. The van der Waals surface area contributed by atoms with Crippen molar-refractivity contribution in [2.45, 2.75) is 12.5 Å². The van der Waals surface area contributed by atoms with Gasteiger partial charge < -0.3 is 16.0 Å². The average molecular weight is 231 g/mol. The number of hydrogen-bond donors (Lipinski definition) is 2. The molecule has 0 spiro atoms. The van der Waals surface area contributed by atoms with Crippen molar-refractivity contribution in [2.24, 2.45) is 11.7 Å². The van der Waals surface area contributed by atoms with E-state index in [9.17, 15) is 4.79 Å². The van der Waals surface area contributed by atoms with E-state index in [2.05, 4.69) is 10.2 Å². The Kier molecular flexibility index (Phi) is 2.52. The molecule has 1 aromatic carbocycles. The van der Waals surface area contributed by atoms with Crippen molar-refractivity contribution in [3.8, 4) is 0 Å². The first-order chi connectivity index (χ1) is 8.25. The van der Waals surface area contributed by atoms with Crippen LogP contribution in [0.4, 0.5) is 5.69 Å². The Morgan fingerprint density at radius 1 is 1.29 bits per heavy atom. The normalized spacial score (nSPS) is 27.2. The lowest BCUT2D eigenvalue weighted by Gasteiger charge is -2.25. The maximum Gasteiger partial charge on any atom is 0.248 e. The number of carbonyl (C=O) groups excluding carboxylic acids is 1. The molecular weight excluding hydrogens is 214 g/mol. The number of hydrogen-bond acceptors (Lipinski definition) is 3. The van der Waals surface area contributed by atoms with Crippen molar-refractivity contribution < 1.29 is 4.79 Å². The highest BCUT2D eigenvalue weighted by Gasteiger charge is 2.37. The first kappa shape index (κ1) is 10.6. The Morgan fingerprint density at radius 2 is 2.06 bits per heavy atom. The second-order valence-electron chi connectivity index (χ2n) is 4.88. The van der Waals surface area contributed by atoms with Crippen LogP contribution in [0.3, 0.4) is 0 Å². The summed E-state index contributed by atoms with van der Waals surface area (Å²) < 4.78 is 0. The number of nitrogens with two attached hydrogens (primary N) is 1. The predicted octanol–water partition coefficient (Wildman–Crippen LogP) is 0.584. The van der Waals surface area contributed by atoms with Crippen molar-refractivity contribution in [3.05, 3.63) is 29.8 Å². The van der Waals surface area contributed by atoms with Gasteiger partial charge in [0.25, 0.3) is 0 Å². The highest BCUT2D eigenvalue weighted by Crippen LogP contribution is 2.31. The van der Waals surface area contributed by atoms with E-state index in [4.69, 9.17) is 5.73 Å². The number of fused-ring (bicyclic) bond motifs is 1. The van der Waals surface area contributed by atoms with Gasteiger partial charge in [0.05, 0.1) is 0 Å². The maximum atomic E-state index is 11.0. The van der Waals surface area contributed by atoms with Crippen molar-refractivity contribution in [2.75, 3.05) is 24.5 Å². The first-order valence-electron chi connectivity index (χ1n) is 6.13. The minimum absolute atomic E-state index is 0.363. The van der Waals surface area contributed by atoms with Crippen LogP contribution in [-0.2, 0) is 0 Å². The molecule has 0 aliphatic carbocycles. The summed E-state index contributed by atoms with van der Waals surface area (Å²) in [6, 6.07) is 8.25. The molecule has 4 nitrogen and oxygen atoms in total. The molecule has 0 bridgehead atoms. The molecular formula is C13H17N3O. The van der Waals surface area contributed by atoms with E-state index in [1.807, 2.05) is 24.3 Å². The van der Waals surface area contributed by atoms with Gasteiger partial charge in [-0.1, -0.05) is 0 Å². The van der Waals surface area contributed by atoms with Crippen LogP contribution in [0.5, 0.6) is 0 Å². The Labute approximate surface area is 101 Å². The molecule has 0 aromatic heterocycles. The second-order valence-corrected chi connectivity index (χ2v) is 4.88. The minimum atomic E-state index is -0.363. The van der Waals surface area contributed by atoms with E-state index in [1.54, 1.807) is 0 Å². The monoisotopic (exact) mass is 231 g/mol. The molecule has 2 aliphatic rings. The fraction of sp³-hybridized carbons (Fsp3) is 0.462. The van der Waals surface area contributed by atoms with Crippen molar-refractivity contribution in [3.63, 3.8) is 0 Å². The Balaban J connectivity index is 1.82. The van der Waals surface area contributed by atoms with E-state index < -0.39 is 0 Å². The van der Waals surface area contributed by atoms with Gasteiger partial charge in [0.15, 0.2) is 0 Å². The lowest BCUT2D eigenvalue weighted by atomic mass is 10.0. The number of nitrogens with one attached hydrogen (secondary N) is 1. The highest BCUT2D eigenvalue weighted by atomic mass is 16.1. The van der Waals surface area contributed by atoms with Crippen LogP contribution in [0.25, 0.3) is 0 Å². The highest BCUT2D eigenvalue weighted by molar-refractivity contribution is 5.93. The standard InChI is InChI=1S/C13H17N3O/c14-13(17)9-1-3-11(4-2-9)16-6-5-10-7-15-8-12(10)16/h1-4,10,12,15H,5-8H2,(H2,14,17)/t10-,12+/m1/s1. The number of anilines is 1. The van der Waals surface area contributed by atoms with E-state index in [0.717, 1.165) is 25.6 Å². The minimum Gasteiger partial charge on any atom is -0.367 e. The zero-order chi connectivity index (χ0) is 11.8. The number of carbonyl (C=O) groups is 1. The van der Waals surface area contributed by atoms with Gasteiger partial charge in [0.1, 0.15) is 0 Å². The Morgan fingerprint density at radius 3 is 2.76 bits per heavy atom. The lowest BCUT2D eigenvalue weighted by molar-refractivity contribution is 0.100. The molecule has 4 heteroatoms. The number of benzene rings is 1. The Bertz CT molecular complexity index is 429. The summed E-state index contributed by atoms with van der Waals surface area (Å²) in [6.07, 6.45) is 1.26. The molecule has 0 radical (unpaired) electrons. The lowest BCUT2D eigenvalue weighted by Crippen LogP contribution is -2.34. The van der Waals surface area contributed by atoms with E-state index >= 15 is 0 Å². The molecule has 3 N–H and O–H groups in total. The molecule has 0 saturated carbocycles. The number of amides is 1. The van der Waals surface area contributed by atoms with Crippen LogP contribution in [0.1, 0.15) is 16.8 Å². The molecule has 2 fully saturated rings. The first-order valence-corrected chi connectivity index (χ1v) is 6.13. The van der Waals surface area contributed by atoms with Crippen LogP contribution in [0.2, 0.25) is 0 Å². The van der Waals surface area contributed by atoms with Gasteiger partial charge in [-0.05, 0) is 36.6 Å². The van der Waals surface area contributed by atoms with Gasteiger partial charge in [-0.15, -0.1) is 0 Å². The molecule has 2 aliphatic heterocycles. The van der Waals surface area contributed by atoms with Crippen molar-refractivity contribution in [1.82, 2.24) is 5.32 Å². The molecule has 3 rings (SSSR count). The molecule has 0 unspecified atom stereocenters. The summed E-state index contributed by atoms with van der Waals surface area (Å²) in [5.74, 6) is 0.421. The third kappa shape index (κ3) is 1.78. The van der Waals surface area contributed by atoms with Gasteiger partial charge in [-0.25, -0.2) is 0 Å². The third-order valence-corrected chi connectivity index (χ3v) is 3.93. The maximum absolute atomic E-state index is 11.0. The van der Waals surface area contributed by atoms with E-state index in [0.29, 0.717) is 11.6 Å². The molecule has 90 valence electrons. The molecule has 2 heterocycles. The van der Waals surface area contributed by atoms with Crippen LogP contribution in [-0.4, -0.2) is 31.6 Å². The van der Waals surface area contributed by atoms with Gasteiger partial charge in [-0.2, -0.15) is 0 Å². The molecule has 1 aromatic rings. The van der Waals surface area contributed by atoms with Gasteiger partial charge in [-0.3, -0.25) is 4.79 Å². The van der Waals surface area contributed by atoms with E-state index in [1.165, 1.54) is 12.1 Å². The fourth-order valence-electron chi connectivity index (χ4n) is 2.99. The predicted molar refractivity (Wildman–Crippen MR) is 67.1 cm³/mol. The summed E-state index contributed by atoms with van der Waals surface area (Å²) in [5.41, 5.74) is 7.02. The zero-order valence-electron chi connectivity index (χ0n) is 9.73. The van der Waals surface area contributed by atoms with Crippen LogP contribution < -0.4 is 16.0 Å². The largest absolute Gasteiger partial charge is 0.367 e. The quantitative estimate of drug-likeness (QED) is 0.783. The average Bonchev–Trinajstić information content (AvgIpc) is 2.90. The molecule has 17 heavy (non-hydrogen) atoms. The number of rotatable bonds is 2. The van der Waals surface area contributed by atoms with Gasteiger partial charge in [0, 0.05) is 36.9 Å². The Hall–Kier alpha value is -1.55. The molecule has 2 saturated heterocycles.